The van der Waals surface area contributed by atoms with Crippen molar-refractivity contribution in [1.82, 2.24) is 0 Å². The average Bonchev–Trinajstić information content (AvgIpc) is 2.08. The van der Waals surface area contributed by atoms with E-state index in [0.717, 1.165) is 6.92 Å². The molecule has 1 saturated heterocycles. The summed E-state index contributed by atoms with van der Waals surface area (Å²) in [5.41, 5.74) is -2.09. The molecular formula is C7H12O7. The molecule has 7 heteroatoms. The summed E-state index contributed by atoms with van der Waals surface area (Å²) in [6.07, 6.45) is -7.18. The maximum atomic E-state index is 10.5. The van der Waals surface area contributed by atoms with Crippen molar-refractivity contribution in [2.45, 2.75) is 37.1 Å². The average molecular weight is 208 g/mol. The van der Waals surface area contributed by atoms with Gasteiger partial charge in [0.05, 0.1) is 0 Å². The Morgan fingerprint density at radius 3 is 2.29 bits per heavy atom. The van der Waals surface area contributed by atoms with Crippen molar-refractivity contribution in [3.8, 4) is 0 Å². The second-order valence-corrected chi connectivity index (χ2v) is 3.41. The Kier molecular flexibility index (Phi) is 2.79. The van der Waals surface area contributed by atoms with E-state index in [2.05, 4.69) is 4.74 Å². The van der Waals surface area contributed by atoms with Gasteiger partial charge in [0.25, 0.3) is 0 Å². The topological polar surface area (TPSA) is 127 Å². The van der Waals surface area contributed by atoms with Crippen molar-refractivity contribution in [2.24, 2.45) is 0 Å². The van der Waals surface area contributed by atoms with Gasteiger partial charge in [0.2, 0.25) is 0 Å². The number of aliphatic hydroxyl groups excluding tert-OH is 3. The molecule has 1 rings (SSSR count). The van der Waals surface area contributed by atoms with Crippen molar-refractivity contribution in [3.05, 3.63) is 0 Å². The van der Waals surface area contributed by atoms with Gasteiger partial charge in [0.1, 0.15) is 17.8 Å². The molecule has 0 aromatic rings. The third kappa shape index (κ3) is 1.60. The quantitative estimate of drug-likeness (QED) is 0.316. The van der Waals surface area contributed by atoms with Gasteiger partial charge in [-0.3, -0.25) is 0 Å². The van der Waals surface area contributed by atoms with E-state index in [4.69, 9.17) is 10.2 Å². The highest BCUT2D eigenvalue weighted by atomic mass is 16.6. The lowest BCUT2D eigenvalue weighted by molar-refractivity contribution is -0.316. The molecule has 1 aliphatic rings. The van der Waals surface area contributed by atoms with E-state index < -0.39 is 36.2 Å². The smallest absolute Gasteiger partial charge is 0.335 e. The number of carbonyl (C=O) groups is 1. The molecular weight excluding hydrogens is 196 g/mol. The van der Waals surface area contributed by atoms with Crippen LogP contribution in [0.2, 0.25) is 0 Å². The first-order valence-electron chi connectivity index (χ1n) is 3.93. The van der Waals surface area contributed by atoms with E-state index >= 15 is 0 Å². The lowest BCUT2D eigenvalue weighted by Crippen LogP contribution is -2.65. The number of aliphatic hydroxyl groups is 4. The van der Waals surface area contributed by atoms with Crippen LogP contribution in [0, 0.1) is 0 Å². The Bertz CT molecular complexity index is 238. The minimum Gasteiger partial charge on any atom is -0.479 e. The van der Waals surface area contributed by atoms with Crippen LogP contribution in [0.4, 0.5) is 0 Å². The van der Waals surface area contributed by atoms with Crippen molar-refractivity contribution in [1.29, 1.82) is 0 Å². The zero-order valence-electron chi connectivity index (χ0n) is 7.36. The van der Waals surface area contributed by atoms with Gasteiger partial charge in [0.15, 0.2) is 12.4 Å². The Morgan fingerprint density at radius 2 is 1.86 bits per heavy atom. The molecule has 0 aliphatic carbocycles. The monoisotopic (exact) mass is 208 g/mol. The van der Waals surface area contributed by atoms with Gasteiger partial charge >= 0.3 is 5.97 Å². The molecule has 0 amide bonds. The number of ether oxygens (including phenoxy) is 1. The molecule has 5 atom stereocenters. The lowest BCUT2D eigenvalue weighted by atomic mass is 9.88. The molecule has 0 saturated carbocycles. The second-order valence-electron chi connectivity index (χ2n) is 3.41. The van der Waals surface area contributed by atoms with Crippen molar-refractivity contribution in [3.63, 3.8) is 0 Å². The Hall–Kier alpha value is -0.730. The molecule has 1 aliphatic heterocycles. The largest absolute Gasteiger partial charge is 0.479 e. The number of hydrogen-bond donors (Lipinski definition) is 5. The molecule has 1 fully saturated rings. The van der Waals surface area contributed by atoms with Gasteiger partial charge in [-0.25, -0.2) is 4.79 Å². The Labute approximate surface area is 79.2 Å². The highest BCUT2D eigenvalue weighted by molar-refractivity contribution is 5.73. The standard InChI is InChI=1S/C7H12O7/c1-7(13)4(9)2(8)3(5(10)11)14-6(7)12/h2-4,6,8-9,12-13H,1H3,(H,10,11)/t2-,3?,4+,6-,7?/m1/s1. The minimum atomic E-state index is -2.09. The van der Waals surface area contributed by atoms with Crippen LogP contribution in [0.15, 0.2) is 0 Å². The van der Waals surface area contributed by atoms with E-state index in [9.17, 15) is 20.1 Å². The Morgan fingerprint density at radius 1 is 1.36 bits per heavy atom. The summed E-state index contributed by atoms with van der Waals surface area (Å²) in [4.78, 5) is 10.5. The lowest BCUT2D eigenvalue weighted by Gasteiger charge is -2.42. The van der Waals surface area contributed by atoms with Crippen LogP contribution in [-0.2, 0) is 9.53 Å². The first kappa shape index (κ1) is 11.3. The van der Waals surface area contributed by atoms with Gasteiger partial charge in [0, 0.05) is 0 Å². The number of rotatable bonds is 1. The van der Waals surface area contributed by atoms with Crippen LogP contribution in [-0.4, -0.2) is 61.7 Å². The fraction of sp³-hybridized carbons (Fsp3) is 0.857. The normalized spacial score (nSPS) is 48.9. The van der Waals surface area contributed by atoms with Crippen LogP contribution in [0.3, 0.4) is 0 Å². The van der Waals surface area contributed by atoms with Crippen LogP contribution in [0.1, 0.15) is 6.92 Å². The molecule has 5 N–H and O–H groups in total. The molecule has 0 aromatic heterocycles. The second kappa shape index (κ2) is 3.44. The fourth-order valence-corrected chi connectivity index (χ4v) is 1.22. The number of aliphatic carboxylic acids is 1. The molecule has 1 heterocycles. The molecule has 0 bridgehead atoms. The summed E-state index contributed by atoms with van der Waals surface area (Å²) in [6.45, 7) is 1.03. The van der Waals surface area contributed by atoms with Gasteiger partial charge in [-0.15, -0.1) is 0 Å². The van der Waals surface area contributed by atoms with Crippen LogP contribution < -0.4 is 0 Å². The minimum absolute atomic E-state index is 1.03. The molecule has 0 aromatic carbocycles. The SMILES string of the molecule is CC1(O)[C@H](O)OC(C(=O)O)[C@@H](O)[C@@H]1O. The molecule has 0 radical (unpaired) electrons. The van der Waals surface area contributed by atoms with E-state index in [1.165, 1.54) is 0 Å². The fourth-order valence-electron chi connectivity index (χ4n) is 1.22. The first-order valence-corrected chi connectivity index (χ1v) is 3.93. The molecule has 7 nitrogen and oxygen atoms in total. The molecule has 14 heavy (non-hydrogen) atoms. The van der Waals surface area contributed by atoms with Gasteiger partial charge in [-0.1, -0.05) is 0 Å². The maximum absolute atomic E-state index is 10.5. The van der Waals surface area contributed by atoms with E-state index in [1.54, 1.807) is 0 Å². The van der Waals surface area contributed by atoms with Gasteiger partial charge < -0.3 is 30.3 Å². The summed E-state index contributed by atoms with van der Waals surface area (Å²) in [5.74, 6) is -1.52. The van der Waals surface area contributed by atoms with Gasteiger partial charge in [-0.05, 0) is 6.92 Å². The van der Waals surface area contributed by atoms with Crippen molar-refractivity contribution >= 4 is 5.97 Å². The summed E-state index contributed by atoms with van der Waals surface area (Å²) in [5, 5.41) is 45.6. The van der Waals surface area contributed by atoms with Crippen LogP contribution in [0.5, 0.6) is 0 Å². The third-order valence-electron chi connectivity index (χ3n) is 2.25. The molecule has 82 valence electrons. The third-order valence-corrected chi connectivity index (χ3v) is 2.25. The van der Waals surface area contributed by atoms with Crippen LogP contribution in [0.25, 0.3) is 0 Å². The summed E-state index contributed by atoms with van der Waals surface area (Å²) < 4.78 is 4.44. The number of hydrogen-bond acceptors (Lipinski definition) is 6. The number of carboxylic acids is 1. The molecule has 0 spiro atoms. The summed E-state index contributed by atoms with van der Waals surface area (Å²) >= 11 is 0. The predicted molar refractivity (Wildman–Crippen MR) is 41.2 cm³/mol. The van der Waals surface area contributed by atoms with E-state index in [-0.39, 0.29) is 0 Å². The zero-order valence-corrected chi connectivity index (χ0v) is 7.36. The maximum Gasteiger partial charge on any atom is 0.335 e. The van der Waals surface area contributed by atoms with Crippen molar-refractivity contribution < 1.29 is 35.1 Å². The van der Waals surface area contributed by atoms with Crippen LogP contribution >= 0.6 is 0 Å². The zero-order chi connectivity index (χ0) is 11.1. The van der Waals surface area contributed by atoms with Gasteiger partial charge in [-0.2, -0.15) is 0 Å². The highest BCUT2D eigenvalue weighted by Gasteiger charge is 2.53. The summed E-state index contributed by atoms with van der Waals surface area (Å²) in [6, 6.07) is 0. The van der Waals surface area contributed by atoms with E-state index in [1.807, 2.05) is 0 Å². The van der Waals surface area contributed by atoms with Crippen molar-refractivity contribution in [2.75, 3.05) is 0 Å². The Balaban J connectivity index is 2.89. The predicted octanol–water partition coefficient (Wildman–Crippen LogP) is -2.74. The first-order chi connectivity index (χ1) is 6.28. The molecule has 2 unspecified atom stereocenters. The summed E-state index contributed by atoms with van der Waals surface area (Å²) in [7, 11) is 0. The van der Waals surface area contributed by atoms with E-state index in [0.29, 0.717) is 0 Å². The number of carboxylic acid groups (broad SMARTS) is 1. The highest BCUT2D eigenvalue weighted by Crippen LogP contribution is 2.28.